The summed E-state index contributed by atoms with van der Waals surface area (Å²) >= 11 is 0. The van der Waals surface area contributed by atoms with Crippen molar-refractivity contribution < 1.29 is 19.1 Å². The van der Waals surface area contributed by atoms with Gasteiger partial charge in [-0.2, -0.15) is 4.99 Å². The minimum atomic E-state index is -0.704. The molecule has 0 bridgehead atoms. The van der Waals surface area contributed by atoms with E-state index in [1.165, 1.54) is 14.0 Å². The maximum Gasteiger partial charge on any atom is 0.314 e. The van der Waals surface area contributed by atoms with Gasteiger partial charge in [-0.05, 0) is 0 Å². The van der Waals surface area contributed by atoms with E-state index in [0.29, 0.717) is 0 Å². The zero-order valence-electron chi connectivity index (χ0n) is 9.44. The number of carbonyl (C=O) groups is 3. The molecule has 1 rings (SSSR count). The molecule has 8 heteroatoms. The highest BCUT2D eigenvalue weighted by Gasteiger charge is 2.19. The molecular formula is C9H12N4O4. The SMILES string of the molecule is COCC(=O)NC1=NCC(NC(C)=O)=NC1=O. The molecule has 1 heterocycles. The smallest absolute Gasteiger partial charge is 0.314 e. The van der Waals surface area contributed by atoms with Gasteiger partial charge in [-0.15, -0.1) is 0 Å². The summed E-state index contributed by atoms with van der Waals surface area (Å²) in [6, 6.07) is 0. The van der Waals surface area contributed by atoms with Crippen molar-refractivity contribution in [1.82, 2.24) is 10.6 Å². The Kier molecular flexibility index (Phi) is 4.46. The number of carbonyl (C=O) groups excluding carboxylic acids is 3. The lowest BCUT2D eigenvalue weighted by atomic mass is 10.4. The molecule has 1 aliphatic heterocycles. The second-order valence-electron chi connectivity index (χ2n) is 3.19. The highest BCUT2D eigenvalue weighted by atomic mass is 16.5. The summed E-state index contributed by atoms with van der Waals surface area (Å²) < 4.78 is 4.58. The third kappa shape index (κ3) is 4.11. The Morgan fingerprint density at radius 1 is 1.41 bits per heavy atom. The number of amidine groups is 2. The third-order valence-electron chi connectivity index (χ3n) is 1.68. The molecular weight excluding hydrogens is 228 g/mol. The van der Waals surface area contributed by atoms with Crippen molar-refractivity contribution >= 4 is 29.4 Å². The first-order valence-electron chi connectivity index (χ1n) is 4.75. The number of aliphatic imine (C=N–C) groups is 2. The quantitative estimate of drug-likeness (QED) is 0.594. The lowest BCUT2D eigenvalue weighted by Crippen LogP contribution is -2.43. The van der Waals surface area contributed by atoms with E-state index in [1.807, 2.05) is 0 Å². The monoisotopic (exact) mass is 240 g/mol. The highest BCUT2D eigenvalue weighted by Crippen LogP contribution is 1.92. The van der Waals surface area contributed by atoms with Gasteiger partial charge in [0, 0.05) is 14.0 Å². The van der Waals surface area contributed by atoms with Gasteiger partial charge in [0.15, 0.2) is 5.84 Å². The van der Waals surface area contributed by atoms with Crippen LogP contribution in [0.5, 0.6) is 0 Å². The van der Waals surface area contributed by atoms with E-state index in [4.69, 9.17) is 0 Å². The number of methoxy groups -OCH3 is 1. The van der Waals surface area contributed by atoms with Crippen molar-refractivity contribution in [3.63, 3.8) is 0 Å². The summed E-state index contributed by atoms with van der Waals surface area (Å²) in [4.78, 5) is 40.6. The number of nitrogens with zero attached hydrogens (tertiary/aromatic N) is 2. The minimum Gasteiger partial charge on any atom is -0.375 e. The Morgan fingerprint density at radius 2 is 2.12 bits per heavy atom. The lowest BCUT2D eigenvalue weighted by molar-refractivity contribution is -0.124. The van der Waals surface area contributed by atoms with Crippen molar-refractivity contribution in [1.29, 1.82) is 0 Å². The first kappa shape index (κ1) is 13.0. The molecule has 1 aliphatic rings. The molecule has 17 heavy (non-hydrogen) atoms. The molecule has 92 valence electrons. The van der Waals surface area contributed by atoms with E-state index in [1.54, 1.807) is 0 Å². The second-order valence-corrected chi connectivity index (χ2v) is 3.19. The fourth-order valence-electron chi connectivity index (χ4n) is 1.10. The van der Waals surface area contributed by atoms with Crippen LogP contribution in [0.3, 0.4) is 0 Å². The summed E-state index contributed by atoms with van der Waals surface area (Å²) in [5.41, 5.74) is 0. The van der Waals surface area contributed by atoms with Gasteiger partial charge < -0.3 is 15.4 Å². The average molecular weight is 240 g/mol. The van der Waals surface area contributed by atoms with Crippen LogP contribution in [0.1, 0.15) is 6.92 Å². The number of nitrogens with one attached hydrogen (secondary N) is 2. The zero-order valence-corrected chi connectivity index (χ0v) is 9.44. The number of hydrogen-bond acceptors (Lipinski definition) is 5. The molecule has 0 spiro atoms. The maximum atomic E-state index is 11.4. The van der Waals surface area contributed by atoms with E-state index in [-0.39, 0.29) is 30.7 Å². The summed E-state index contributed by atoms with van der Waals surface area (Å²) in [7, 11) is 1.36. The number of rotatable bonds is 2. The normalized spacial score (nSPS) is 14.8. The first-order chi connectivity index (χ1) is 8.02. The van der Waals surface area contributed by atoms with Crippen LogP contribution in [0.2, 0.25) is 0 Å². The maximum absolute atomic E-state index is 11.4. The van der Waals surface area contributed by atoms with Crippen molar-refractivity contribution in [2.24, 2.45) is 9.98 Å². The molecule has 3 amide bonds. The van der Waals surface area contributed by atoms with Gasteiger partial charge >= 0.3 is 5.91 Å². The van der Waals surface area contributed by atoms with Gasteiger partial charge in [0.2, 0.25) is 5.91 Å². The summed E-state index contributed by atoms with van der Waals surface area (Å²) in [5.74, 6) is -1.52. The van der Waals surface area contributed by atoms with Crippen LogP contribution in [0, 0.1) is 0 Å². The predicted octanol–water partition coefficient (Wildman–Crippen LogP) is -1.78. The van der Waals surface area contributed by atoms with Gasteiger partial charge in [-0.25, -0.2) is 0 Å². The standard InChI is InChI=1S/C9H12N4O4/c1-5(14)11-6-3-10-8(9(16)12-6)13-7(15)4-17-2/h3-4H2,1-2H3,(H,10,13,15)(H,11,12,14,16). The van der Waals surface area contributed by atoms with Crippen LogP contribution in [-0.2, 0) is 19.1 Å². The van der Waals surface area contributed by atoms with Crippen LogP contribution in [0.4, 0.5) is 0 Å². The Morgan fingerprint density at radius 3 is 2.65 bits per heavy atom. The topological polar surface area (TPSA) is 109 Å². The Labute approximate surface area is 97.1 Å². The Hall–Kier alpha value is -2.09. The molecule has 2 N–H and O–H groups in total. The minimum absolute atomic E-state index is 0.0356. The molecule has 0 aromatic heterocycles. The third-order valence-corrected chi connectivity index (χ3v) is 1.68. The first-order valence-corrected chi connectivity index (χ1v) is 4.75. The molecule has 0 aromatic carbocycles. The molecule has 0 aromatic rings. The summed E-state index contributed by atoms with van der Waals surface area (Å²) in [6.07, 6.45) is 0. The fourth-order valence-corrected chi connectivity index (χ4v) is 1.10. The second kappa shape index (κ2) is 5.85. The average Bonchev–Trinajstić information content (AvgIpc) is 2.21. The van der Waals surface area contributed by atoms with Gasteiger partial charge in [0.05, 0.1) is 6.54 Å². The van der Waals surface area contributed by atoms with Crippen LogP contribution in [-0.4, -0.2) is 49.7 Å². The van der Waals surface area contributed by atoms with Crippen molar-refractivity contribution in [2.75, 3.05) is 20.3 Å². The van der Waals surface area contributed by atoms with E-state index in [0.717, 1.165) is 0 Å². The predicted molar refractivity (Wildman–Crippen MR) is 58.6 cm³/mol. The molecule has 8 nitrogen and oxygen atoms in total. The van der Waals surface area contributed by atoms with Crippen molar-refractivity contribution in [3.8, 4) is 0 Å². The molecule has 0 unspecified atom stereocenters. The zero-order chi connectivity index (χ0) is 12.8. The van der Waals surface area contributed by atoms with Gasteiger partial charge in [-0.3, -0.25) is 19.4 Å². The molecule has 0 radical (unpaired) electrons. The van der Waals surface area contributed by atoms with Crippen molar-refractivity contribution in [3.05, 3.63) is 0 Å². The number of hydrogen-bond donors (Lipinski definition) is 2. The van der Waals surface area contributed by atoms with E-state index >= 15 is 0 Å². The van der Waals surface area contributed by atoms with Crippen LogP contribution < -0.4 is 10.6 Å². The molecule has 0 atom stereocenters. The number of amides is 3. The van der Waals surface area contributed by atoms with Gasteiger partial charge in [0.25, 0.3) is 5.91 Å². The van der Waals surface area contributed by atoms with Crippen LogP contribution in [0.25, 0.3) is 0 Å². The number of ether oxygens (including phenoxy) is 1. The lowest BCUT2D eigenvalue weighted by Gasteiger charge is -2.11. The summed E-state index contributed by atoms with van der Waals surface area (Å²) in [5, 5.41) is 4.62. The summed E-state index contributed by atoms with van der Waals surface area (Å²) in [6.45, 7) is 1.16. The van der Waals surface area contributed by atoms with E-state index in [2.05, 4.69) is 25.4 Å². The van der Waals surface area contributed by atoms with Crippen LogP contribution >= 0.6 is 0 Å². The Balaban J connectivity index is 2.58. The van der Waals surface area contributed by atoms with E-state index in [9.17, 15) is 14.4 Å². The van der Waals surface area contributed by atoms with E-state index < -0.39 is 11.8 Å². The van der Waals surface area contributed by atoms with Gasteiger partial charge in [0.1, 0.15) is 12.4 Å². The Bertz CT molecular complexity index is 413. The molecule has 0 saturated heterocycles. The molecule has 0 aliphatic carbocycles. The largest absolute Gasteiger partial charge is 0.375 e. The van der Waals surface area contributed by atoms with Crippen LogP contribution in [0.15, 0.2) is 9.98 Å². The fraction of sp³-hybridized carbons (Fsp3) is 0.444. The highest BCUT2D eigenvalue weighted by molar-refractivity contribution is 6.43. The van der Waals surface area contributed by atoms with Crippen molar-refractivity contribution in [2.45, 2.75) is 6.92 Å². The molecule has 0 saturated carbocycles. The molecule has 0 fully saturated rings. The van der Waals surface area contributed by atoms with Gasteiger partial charge in [-0.1, -0.05) is 0 Å².